The Bertz CT molecular complexity index is 745. The normalized spacial score (nSPS) is 13.5. The van der Waals surface area contributed by atoms with Gasteiger partial charge in [-0.05, 0) is 12.0 Å². The van der Waals surface area contributed by atoms with Crippen LogP contribution < -0.4 is 16.4 Å². The largest absolute Gasteiger partial charge is 0.480 e. The van der Waals surface area contributed by atoms with Gasteiger partial charge >= 0.3 is 11.9 Å². The number of thioether (sulfide) groups is 1. The average Bonchev–Trinajstić information content (AvgIpc) is 2.72. The number of carbonyl (C=O) groups is 5. The summed E-state index contributed by atoms with van der Waals surface area (Å²) in [6.45, 7) is -0.615. The molecule has 0 aliphatic heterocycles. The van der Waals surface area contributed by atoms with E-state index in [1.54, 1.807) is 0 Å². The fourth-order valence-corrected chi connectivity index (χ4v) is 3.64. The van der Waals surface area contributed by atoms with Crippen LogP contribution in [0.4, 0.5) is 0 Å². The van der Waals surface area contributed by atoms with Gasteiger partial charge in [-0.15, -0.1) is 0 Å². The predicted molar refractivity (Wildman–Crippen MR) is 110 cm³/mol. The number of hydrogen-bond donors (Lipinski definition) is 5. The van der Waals surface area contributed by atoms with Crippen LogP contribution in [0.15, 0.2) is 30.3 Å². The summed E-state index contributed by atoms with van der Waals surface area (Å²) in [5.41, 5.74) is 6.24. The number of nitrogens with one attached hydrogen (secondary N) is 2. The molecule has 11 heteroatoms. The molecule has 0 radical (unpaired) electrons. The summed E-state index contributed by atoms with van der Waals surface area (Å²) in [6, 6.07) is 6.87. The van der Waals surface area contributed by atoms with Crippen molar-refractivity contribution in [2.24, 2.45) is 5.73 Å². The third-order valence-corrected chi connectivity index (χ3v) is 5.40. The number of amides is 2. The molecule has 0 heterocycles. The zero-order valence-electron chi connectivity index (χ0n) is 16.2. The van der Waals surface area contributed by atoms with E-state index >= 15 is 0 Å². The summed E-state index contributed by atoms with van der Waals surface area (Å²) >= 11 is 1.27. The summed E-state index contributed by atoms with van der Waals surface area (Å²) in [7, 11) is 0. The van der Waals surface area contributed by atoms with Gasteiger partial charge in [-0.25, -0.2) is 0 Å². The van der Waals surface area contributed by atoms with Crippen LogP contribution in [0.2, 0.25) is 0 Å². The highest BCUT2D eigenvalue weighted by Gasteiger charge is 2.24. The first-order chi connectivity index (χ1) is 14.2. The maximum absolute atomic E-state index is 12.3. The summed E-state index contributed by atoms with van der Waals surface area (Å²) < 4.78 is 0. The Kier molecular flexibility index (Phi) is 11.2. The zero-order valence-corrected chi connectivity index (χ0v) is 17.0. The molecule has 0 bridgehead atoms. The molecule has 30 heavy (non-hydrogen) atoms. The van der Waals surface area contributed by atoms with Gasteiger partial charge in [0.25, 0.3) is 0 Å². The molecule has 0 fully saturated rings. The van der Waals surface area contributed by atoms with Gasteiger partial charge in [-0.2, -0.15) is 11.8 Å². The molecule has 164 valence electrons. The molecular formula is C19H25N3O7S. The Hall–Kier alpha value is -2.92. The lowest BCUT2D eigenvalue weighted by molar-refractivity contribution is -0.139. The lowest BCUT2D eigenvalue weighted by Crippen LogP contribution is -2.49. The minimum Gasteiger partial charge on any atom is -0.480 e. The highest BCUT2D eigenvalue weighted by molar-refractivity contribution is 7.99. The molecule has 0 unspecified atom stereocenters. The van der Waals surface area contributed by atoms with Crippen molar-refractivity contribution >= 4 is 41.8 Å². The van der Waals surface area contributed by atoms with E-state index in [2.05, 4.69) is 10.6 Å². The van der Waals surface area contributed by atoms with Crippen LogP contribution >= 0.6 is 11.8 Å². The monoisotopic (exact) mass is 439 g/mol. The third-order valence-electron chi connectivity index (χ3n) is 4.01. The van der Waals surface area contributed by atoms with E-state index in [0.29, 0.717) is 0 Å². The number of nitrogens with two attached hydrogens (primary N) is 1. The predicted octanol–water partition coefficient (Wildman–Crippen LogP) is -0.0724. The van der Waals surface area contributed by atoms with E-state index in [4.69, 9.17) is 15.9 Å². The number of carboxylic acid groups (broad SMARTS) is 2. The van der Waals surface area contributed by atoms with Crippen molar-refractivity contribution in [3.8, 4) is 0 Å². The van der Waals surface area contributed by atoms with Gasteiger partial charge in [-0.1, -0.05) is 30.3 Å². The number of carbonyl (C=O) groups excluding carboxylic acids is 3. The standard InChI is InChI=1S/C19H25N3O7S/c20-13(19(28)29)6-7-16(24)22-14(18(27)21-10-17(25)26)11-30-15(8-9-23)12-4-2-1-3-5-12/h1-5,9,13-15H,6-8,10-11,20H2,(H,21,27)(H,22,24)(H,25,26)(H,28,29)/t13-,14-,15+/m0/s1. The maximum Gasteiger partial charge on any atom is 0.322 e. The molecule has 0 spiro atoms. The zero-order chi connectivity index (χ0) is 22.5. The second-order valence-electron chi connectivity index (χ2n) is 6.35. The topological polar surface area (TPSA) is 176 Å². The molecule has 0 aromatic heterocycles. The molecule has 1 rings (SSSR count). The third kappa shape index (κ3) is 9.52. The second kappa shape index (κ2) is 13.3. The van der Waals surface area contributed by atoms with Gasteiger partial charge in [0.1, 0.15) is 24.9 Å². The minimum atomic E-state index is -1.24. The summed E-state index contributed by atoms with van der Waals surface area (Å²) in [4.78, 5) is 57.0. The lowest BCUT2D eigenvalue weighted by Gasteiger charge is -2.21. The van der Waals surface area contributed by atoms with Crippen LogP contribution in [0.5, 0.6) is 0 Å². The van der Waals surface area contributed by atoms with Crippen LogP contribution in [0.1, 0.15) is 30.1 Å². The van der Waals surface area contributed by atoms with Crippen molar-refractivity contribution in [2.45, 2.75) is 36.6 Å². The molecule has 1 aromatic carbocycles. The van der Waals surface area contributed by atoms with E-state index in [0.717, 1.165) is 11.8 Å². The fraction of sp³-hybridized carbons (Fsp3) is 0.421. The quantitative estimate of drug-likeness (QED) is 0.248. The highest BCUT2D eigenvalue weighted by Crippen LogP contribution is 2.31. The molecule has 2 amide bonds. The molecule has 1 aromatic rings. The van der Waals surface area contributed by atoms with Crippen molar-refractivity contribution in [1.82, 2.24) is 10.6 Å². The Morgan fingerprint density at radius 1 is 1.13 bits per heavy atom. The van der Waals surface area contributed by atoms with E-state index in [1.807, 2.05) is 30.3 Å². The van der Waals surface area contributed by atoms with Gasteiger partial charge < -0.3 is 31.4 Å². The molecule has 10 nitrogen and oxygen atoms in total. The number of aliphatic carboxylic acids is 2. The average molecular weight is 439 g/mol. The van der Waals surface area contributed by atoms with E-state index in [-0.39, 0.29) is 30.3 Å². The molecule has 3 atom stereocenters. The van der Waals surface area contributed by atoms with Gasteiger partial charge in [-0.3, -0.25) is 19.2 Å². The van der Waals surface area contributed by atoms with Crippen molar-refractivity contribution in [3.05, 3.63) is 35.9 Å². The Balaban J connectivity index is 2.79. The van der Waals surface area contributed by atoms with E-state index < -0.39 is 42.4 Å². The number of aldehydes is 1. The Labute approximate surface area is 177 Å². The summed E-state index contributed by atoms with van der Waals surface area (Å²) in [5.74, 6) is -3.69. The van der Waals surface area contributed by atoms with Crippen molar-refractivity contribution in [3.63, 3.8) is 0 Å². The van der Waals surface area contributed by atoms with Crippen molar-refractivity contribution in [2.75, 3.05) is 12.3 Å². The van der Waals surface area contributed by atoms with Gasteiger partial charge in [0.2, 0.25) is 11.8 Å². The number of benzene rings is 1. The SMILES string of the molecule is N[C@@H](CCC(=O)N[C@@H](CS[C@H](CC=O)c1ccccc1)C(=O)NCC(=O)O)C(=O)O. The van der Waals surface area contributed by atoms with Crippen LogP contribution in [0.25, 0.3) is 0 Å². The Morgan fingerprint density at radius 2 is 1.80 bits per heavy atom. The second-order valence-corrected chi connectivity index (χ2v) is 7.59. The van der Waals surface area contributed by atoms with Crippen LogP contribution in [-0.4, -0.2) is 64.6 Å². The lowest BCUT2D eigenvalue weighted by atomic mass is 10.1. The first-order valence-electron chi connectivity index (χ1n) is 9.12. The maximum atomic E-state index is 12.3. The summed E-state index contributed by atoms with van der Waals surface area (Å²) in [6.07, 6.45) is 0.627. The van der Waals surface area contributed by atoms with E-state index in [9.17, 15) is 24.0 Å². The number of hydrogen-bond acceptors (Lipinski definition) is 7. The minimum absolute atomic E-state index is 0.0789. The molecule has 0 aliphatic carbocycles. The molecule has 6 N–H and O–H groups in total. The van der Waals surface area contributed by atoms with Crippen molar-refractivity contribution in [1.29, 1.82) is 0 Å². The fourth-order valence-electron chi connectivity index (χ4n) is 2.41. The Morgan fingerprint density at radius 3 is 2.37 bits per heavy atom. The van der Waals surface area contributed by atoms with Crippen LogP contribution in [0, 0.1) is 0 Å². The molecule has 0 saturated carbocycles. The van der Waals surface area contributed by atoms with Crippen LogP contribution in [0.3, 0.4) is 0 Å². The van der Waals surface area contributed by atoms with Gasteiger partial charge in [0.15, 0.2) is 0 Å². The van der Waals surface area contributed by atoms with Crippen molar-refractivity contribution < 1.29 is 34.2 Å². The molecule has 0 aliphatic rings. The number of carboxylic acids is 2. The smallest absolute Gasteiger partial charge is 0.322 e. The van der Waals surface area contributed by atoms with Gasteiger partial charge in [0.05, 0.1) is 0 Å². The number of rotatable bonds is 14. The molecular weight excluding hydrogens is 414 g/mol. The first-order valence-corrected chi connectivity index (χ1v) is 10.2. The van der Waals surface area contributed by atoms with E-state index in [1.165, 1.54) is 11.8 Å². The summed E-state index contributed by atoms with van der Waals surface area (Å²) in [5, 5.41) is 22.0. The van der Waals surface area contributed by atoms with Gasteiger partial charge in [0, 0.05) is 23.8 Å². The molecule has 0 saturated heterocycles. The van der Waals surface area contributed by atoms with Crippen LogP contribution in [-0.2, 0) is 24.0 Å². The first kappa shape index (κ1) is 25.1. The highest BCUT2D eigenvalue weighted by atomic mass is 32.2.